The van der Waals surface area contributed by atoms with Crippen LogP contribution in [0.2, 0.25) is 0 Å². The van der Waals surface area contributed by atoms with Crippen LogP contribution in [0.3, 0.4) is 0 Å². The van der Waals surface area contributed by atoms with Gasteiger partial charge in [-0.3, -0.25) is 9.59 Å². The van der Waals surface area contributed by atoms with Crippen molar-refractivity contribution in [2.75, 3.05) is 14.1 Å². The second-order valence-electron chi connectivity index (χ2n) is 5.64. The van der Waals surface area contributed by atoms with E-state index in [0.717, 1.165) is 4.31 Å². The van der Waals surface area contributed by atoms with Crippen LogP contribution in [0.25, 0.3) is 0 Å². The van der Waals surface area contributed by atoms with E-state index in [1.54, 1.807) is 13.8 Å². The molecule has 1 rings (SSSR count). The zero-order valence-corrected chi connectivity index (χ0v) is 13.7. The normalized spacial score (nSPS) is 12.4. The van der Waals surface area contributed by atoms with Crippen LogP contribution < -0.4 is 5.32 Å². The fourth-order valence-electron chi connectivity index (χ4n) is 1.61. The number of carboxylic acid groups (broad SMARTS) is 1. The van der Waals surface area contributed by atoms with Crippen LogP contribution in [0.1, 0.15) is 37.2 Å². The number of carbonyl (C=O) groups excluding carboxylic acids is 1. The van der Waals surface area contributed by atoms with Crippen molar-refractivity contribution in [2.24, 2.45) is 0 Å². The van der Waals surface area contributed by atoms with E-state index in [0.29, 0.717) is 0 Å². The predicted molar refractivity (Wildman–Crippen MR) is 78.0 cm³/mol. The maximum Gasteiger partial charge on any atom is 0.303 e. The number of furan rings is 1. The lowest BCUT2D eigenvalue weighted by Crippen LogP contribution is -2.43. The van der Waals surface area contributed by atoms with Crippen LogP contribution in [-0.2, 0) is 14.8 Å². The minimum atomic E-state index is -3.75. The van der Waals surface area contributed by atoms with E-state index in [2.05, 4.69) is 5.32 Å². The lowest BCUT2D eigenvalue weighted by Gasteiger charge is -2.24. The number of carboxylic acids is 1. The van der Waals surface area contributed by atoms with E-state index >= 15 is 0 Å². The van der Waals surface area contributed by atoms with Gasteiger partial charge in [-0.1, -0.05) is 0 Å². The number of hydrogen-bond acceptors (Lipinski definition) is 5. The van der Waals surface area contributed by atoms with Crippen molar-refractivity contribution in [2.45, 2.75) is 37.3 Å². The molecule has 0 saturated carbocycles. The highest BCUT2D eigenvalue weighted by molar-refractivity contribution is 7.88. The number of sulfonamides is 1. The van der Waals surface area contributed by atoms with Crippen molar-refractivity contribution in [1.82, 2.24) is 9.62 Å². The number of rotatable bonds is 7. The van der Waals surface area contributed by atoms with Gasteiger partial charge in [0, 0.05) is 26.1 Å². The van der Waals surface area contributed by atoms with Crippen LogP contribution >= 0.6 is 0 Å². The molecule has 1 aromatic heterocycles. The van der Waals surface area contributed by atoms with Crippen molar-refractivity contribution < 1.29 is 27.5 Å². The summed E-state index contributed by atoms with van der Waals surface area (Å²) in [4.78, 5) is 22.6. The standard InChI is InChI=1S/C13H20N2O6S/c1-13(2,8-7-10(16)17)14-12(18)9-5-6-11(21-9)22(19,20)15(3)4/h5-6H,7-8H2,1-4H3,(H,14,18)(H,16,17). The SMILES string of the molecule is CN(C)S(=O)(=O)c1ccc(C(=O)NC(C)(C)CCC(=O)O)o1. The number of hydrogen-bond donors (Lipinski definition) is 2. The number of aliphatic carboxylic acids is 1. The van der Waals surface area contributed by atoms with E-state index in [-0.39, 0.29) is 23.7 Å². The Kier molecular flexibility index (Phi) is 5.36. The monoisotopic (exact) mass is 332 g/mol. The molecular formula is C13H20N2O6S. The molecule has 8 nitrogen and oxygen atoms in total. The molecule has 124 valence electrons. The molecule has 0 radical (unpaired) electrons. The molecular weight excluding hydrogens is 312 g/mol. The largest absolute Gasteiger partial charge is 0.481 e. The van der Waals surface area contributed by atoms with Gasteiger partial charge in [0.1, 0.15) is 0 Å². The fraction of sp³-hybridized carbons (Fsp3) is 0.538. The topological polar surface area (TPSA) is 117 Å². The molecule has 0 aromatic carbocycles. The molecule has 0 aliphatic rings. The maximum absolute atomic E-state index is 12.1. The molecule has 0 bridgehead atoms. The molecule has 22 heavy (non-hydrogen) atoms. The third kappa shape index (κ3) is 4.57. The van der Waals surface area contributed by atoms with E-state index in [9.17, 15) is 18.0 Å². The van der Waals surface area contributed by atoms with Crippen molar-refractivity contribution in [3.05, 3.63) is 17.9 Å². The highest BCUT2D eigenvalue weighted by Gasteiger charge is 2.26. The molecule has 0 aliphatic carbocycles. The fourth-order valence-corrected chi connectivity index (χ4v) is 2.41. The summed E-state index contributed by atoms with van der Waals surface area (Å²) in [5.41, 5.74) is -0.761. The van der Waals surface area contributed by atoms with Gasteiger partial charge in [0.25, 0.3) is 15.9 Å². The Labute approximate surface area is 129 Å². The summed E-state index contributed by atoms with van der Waals surface area (Å²) in [6.45, 7) is 3.35. The summed E-state index contributed by atoms with van der Waals surface area (Å²) in [6, 6.07) is 2.47. The average molecular weight is 332 g/mol. The first kappa shape index (κ1) is 18.2. The maximum atomic E-state index is 12.1. The van der Waals surface area contributed by atoms with Gasteiger partial charge < -0.3 is 14.8 Å². The third-order valence-corrected chi connectivity index (χ3v) is 4.65. The van der Waals surface area contributed by atoms with Gasteiger partial charge >= 0.3 is 5.97 Å². The number of nitrogens with zero attached hydrogens (tertiary/aromatic N) is 1. The molecule has 1 aromatic rings. The Morgan fingerprint density at radius 1 is 1.32 bits per heavy atom. The summed E-state index contributed by atoms with van der Waals surface area (Å²) in [7, 11) is -1.04. The van der Waals surface area contributed by atoms with Gasteiger partial charge in [-0.15, -0.1) is 0 Å². The van der Waals surface area contributed by atoms with E-state index in [4.69, 9.17) is 9.52 Å². The lowest BCUT2D eigenvalue weighted by molar-refractivity contribution is -0.137. The number of amides is 1. The average Bonchev–Trinajstić information content (AvgIpc) is 2.86. The Balaban J connectivity index is 2.84. The summed E-state index contributed by atoms with van der Waals surface area (Å²) in [5, 5.41) is 11.0. The van der Waals surface area contributed by atoms with Gasteiger partial charge in [-0.05, 0) is 32.4 Å². The van der Waals surface area contributed by atoms with Crippen molar-refractivity contribution in [1.29, 1.82) is 0 Å². The van der Waals surface area contributed by atoms with Crippen LogP contribution in [0.5, 0.6) is 0 Å². The minimum Gasteiger partial charge on any atom is -0.481 e. The molecule has 2 N–H and O–H groups in total. The summed E-state index contributed by atoms with van der Waals surface area (Å²) >= 11 is 0. The first-order valence-corrected chi connectivity index (χ1v) is 7.96. The highest BCUT2D eigenvalue weighted by atomic mass is 32.2. The summed E-state index contributed by atoms with van der Waals surface area (Å²) in [5.74, 6) is -1.71. The predicted octanol–water partition coefficient (Wildman–Crippen LogP) is 0.903. The summed E-state index contributed by atoms with van der Waals surface area (Å²) < 4.78 is 29.8. The lowest BCUT2D eigenvalue weighted by atomic mass is 9.98. The first-order valence-electron chi connectivity index (χ1n) is 6.52. The van der Waals surface area contributed by atoms with E-state index in [1.165, 1.54) is 26.2 Å². The van der Waals surface area contributed by atoms with Gasteiger partial charge in [0.15, 0.2) is 5.76 Å². The molecule has 9 heteroatoms. The third-order valence-electron chi connectivity index (χ3n) is 2.96. The molecule has 1 heterocycles. The van der Waals surface area contributed by atoms with Crippen LogP contribution in [0.15, 0.2) is 21.6 Å². The van der Waals surface area contributed by atoms with Crippen LogP contribution in [0.4, 0.5) is 0 Å². The van der Waals surface area contributed by atoms with Gasteiger partial charge in [-0.2, -0.15) is 0 Å². The zero-order chi connectivity index (χ0) is 17.1. The number of carbonyl (C=O) groups is 2. The second-order valence-corrected chi connectivity index (χ2v) is 7.72. The molecule has 0 saturated heterocycles. The summed E-state index contributed by atoms with van der Waals surface area (Å²) in [6.07, 6.45) is 0.142. The van der Waals surface area contributed by atoms with E-state index < -0.39 is 27.4 Å². The van der Waals surface area contributed by atoms with Gasteiger partial charge in [0.05, 0.1) is 0 Å². The molecule has 0 fully saturated rings. The quantitative estimate of drug-likeness (QED) is 0.766. The smallest absolute Gasteiger partial charge is 0.303 e. The van der Waals surface area contributed by atoms with Crippen molar-refractivity contribution in [3.63, 3.8) is 0 Å². The van der Waals surface area contributed by atoms with Crippen molar-refractivity contribution >= 4 is 21.9 Å². The molecule has 0 unspecified atom stereocenters. The minimum absolute atomic E-state index is 0.0916. The van der Waals surface area contributed by atoms with E-state index in [1.807, 2.05) is 0 Å². The van der Waals surface area contributed by atoms with Gasteiger partial charge in [-0.25, -0.2) is 12.7 Å². The van der Waals surface area contributed by atoms with Crippen LogP contribution in [0, 0.1) is 0 Å². The Bertz CT molecular complexity index is 660. The van der Waals surface area contributed by atoms with Crippen molar-refractivity contribution in [3.8, 4) is 0 Å². The Hall–Kier alpha value is -1.87. The Morgan fingerprint density at radius 2 is 1.91 bits per heavy atom. The molecule has 0 aliphatic heterocycles. The van der Waals surface area contributed by atoms with Gasteiger partial charge in [0.2, 0.25) is 5.09 Å². The Morgan fingerprint density at radius 3 is 2.41 bits per heavy atom. The first-order chi connectivity index (χ1) is 9.95. The molecule has 0 spiro atoms. The second kappa shape index (κ2) is 6.49. The number of nitrogens with one attached hydrogen (secondary N) is 1. The molecule has 1 amide bonds. The van der Waals surface area contributed by atoms with Crippen LogP contribution in [-0.4, -0.2) is 49.3 Å². The molecule has 0 atom stereocenters. The highest BCUT2D eigenvalue weighted by Crippen LogP contribution is 2.18. The zero-order valence-electron chi connectivity index (χ0n) is 12.9.